The summed E-state index contributed by atoms with van der Waals surface area (Å²) >= 11 is 18.5. The molecule has 0 radical (unpaired) electrons. The van der Waals surface area contributed by atoms with E-state index in [9.17, 15) is 14.4 Å². The first-order valence-electron chi connectivity index (χ1n) is 8.24. The zero-order chi connectivity index (χ0) is 21.7. The molecule has 1 atom stereocenters. The zero-order valence-electron chi connectivity index (χ0n) is 15.4. The number of carbonyl (C=O) groups is 3. The van der Waals surface area contributed by atoms with Gasteiger partial charge in [0, 0.05) is 21.7 Å². The number of rotatable bonds is 6. The average Bonchev–Trinajstić information content (AvgIpc) is 2.88. The highest BCUT2D eigenvalue weighted by Crippen LogP contribution is 2.26. The predicted octanol–water partition coefficient (Wildman–Crippen LogP) is 3.34. The van der Waals surface area contributed by atoms with Crippen molar-refractivity contribution in [1.82, 2.24) is 15.1 Å². The maximum atomic E-state index is 11.9. The molecule has 1 unspecified atom stereocenters. The van der Waals surface area contributed by atoms with E-state index in [1.165, 1.54) is 17.7 Å². The van der Waals surface area contributed by atoms with Crippen molar-refractivity contribution in [3.05, 3.63) is 56.3 Å². The number of amides is 3. The van der Waals surface area contributed by atoms with Gasteiger partial charge in [-0.15, -0.1) is 0 Å². The van der Waals surface area contributed by atoms with Gasteiger partial charge in [0.1, 0.15) is 5.15 Å². The van der Waals surface area contributed by atoms with Gasteiger partial charge in [0.05, 0.1) is 12.2 Å². The largest absolute Gasteiger partial charge is 0.449 e. The number of halogens is 3. The number of nitrogens with two attached hydrogens (primary N) is 1. The molecule has 3 N–H and O–H groups in total. The molecule has 3 amide bonds. The van der Waals surface area contributed by atoms with Gasteiger partial charge in [-0.25, -0.2) is 14.3 Å². The van der Waals surface area contributed by atoms with Crippen molar-refractivity contribution in [3.8, 4) is 0 Å². The van der Waals surface area contributed by atoms with Gasteiger partial charge in [-0.3, -0.25) is 10.1 Å². The van der Waals surface area contributed by atoms with E-state index < -0.39 is 24.0 Å². The summed E-state index contributed by atoms with van der Waals surface area (Å²) in [4.78, 5) is 34.1. The zero-order valence-corrected chi connectivity index (χ0v) is 17.7. The van der Waals surface area contributed by atoms with E-state index in [4.69, 9.17) is 45.3 Å². The molecule has 0 fully saturated rings. The van der Waals surface area contributed by atoms with Crippen molar-refractivity contribution >= 4 is 58.8 Å². The van der Waals surface area contributed by atoms with E-state index in [0.29, 0.717) is 27.8 Å². The van der Waals surface area contributed by atoms with Crippen LogP contribution in [0.5, 0.6) is 0 Å². The molecule has 0 aliphatic rings. The number of esters is 1. The number of ether oxygens (including phenoxy) is 1. The minimum Gasteiger partial charge on any atom is -0.449 e. The molecule has 0 aliphatic carbocycles. The van der Waals surface area contributed by atoms with E-state index in [2.05, 4.69) is 5.10 Å². The van der Waals surface area contributed by atoms with Gasteiger partial charge >= 0.3 is 12.0 Å². The summed E-state index contributed by atoms with van der Waals surface area (Å²) < 4.78 is 6.43. The van der Waals surface area contributed by atoms with E-state index in [1.807, 2.05) is 5.32 Å². The maximum absolute atomic E-state index is 11.9. The molecule has 1 aromatic carbocycles. The second-order valence-corrected chi connectivity index (χ2v) is 7.15. The molecule has 0 saturated carbocycles. The number of benzene rings is 1. The number of nitrogens with zero attached hydrogens (tertiary/aromatic N) is 2. The van der Waals surface area contributed by atoms with Crippen LogP contribution in [0.2, 0.25) is 15.2 Å². The Morgan fingerprint density at radius 2 is 2.00 bits per heavy atom. The van der Waals surface area contributed by atoms with Gasteiger partial charge in [0.15, 0.2) is 6.10 Å². The van der Waals surface area contributed by atoms with E-state index in [-0.39, 0.29) is 5.15 Å². The smallest absolute Gasteiger partial charge is 0.331 e. The molecule has 0 aliphatic heterocycles. The summed E-state index contributed by atoms with van der Waals surface area (Å²) in [6.45, 7) is 3.33. The second kappa shape index (κ2) is 9.78. The molecule has 29 heavy (non-hydrogen) atoms. The van der Waals surface area contributed by atoms with Crippen molar-refractivity contribution in [2.24, 2.45) is 5.73 Å². The third-order valence-corrected chi connectivity index (χ3v) is 4.72. The average molecular weight is 460 g/mol. The summed E-state index contributed by atoms with van der Waals surface area (Å²) in [6, 6.07) is 4.06. The van der Waals surface area contributed by atoms with Gasteiger partial charge in [0.25, 0.3) is 5.91 Å². The first-order chi connectivity index (χ1) is 13.6. The van der Waals surface area contributed by atoms with Crippen molar-refractivity contribution < 1.29 is 19.1 Å². The predicted molar refractivity (Wildman–Crippen MR) is 110 cm³/mol. The van der Waals surface area contributed by atoms with Crippen LogP contribution >= 0.6 is 34.8 Å². The third-order valence-electron chi connectivity index (χ3n) is 3.74. The fourth-order valence-electron chi connectivity index (χ4n) is 2.31. The molecular weight excluding hydrogens is 443 g/mol. The fraction of sp³-hybridized carbons (Fsp3) is 0.222. The number of urea groups is 1. The molecule has 0 saturated heterocycles. The third kappa shape index (κ3) is 6.22. The summed E-state index contributed by atoms with van der Waals surface area (Å²) in [6.07, 6.45) is 1.32. The van der Waals surface area contributed by atoms with Crippen LogP contribution < -0.4 is 11.1 Å². The fourth-order valence-corrected chi connectivity index (χ4v) is 3.08. The maximum Gasteiger partial charge on any atom is 0.331 e. The Bertz CT molecular complexity index is 988. The number of carbonyl (C=O) groups excluding carboxylic acids is 3. The number of primary amides is 1. The minimum absolute atomic E-state index is 0.289. The molecule has 11 heteroatoms. The van der Waals surface area contributed by atoms with Crippen LogP contribution in [0.3, 0.4) is 0 Å². The molecule has 0 spiro atoms. The normalized spacial score (nSPS) is 12.0. The molecule has 8 nitrogen and oxygen atoms in total. The Morgan fingerprint density at radius 1 is 1.31 bits per heavy atom. The van der Waals surface area contributed by atoms with Gasteiger partial charge in [-0.2, -0.15) is 5.10 Å². The summed E-state index contributed by atoms with van der Waals surface area (Å²) in [5.41, 5.74) is 6.68. The van der Waals surface area contributed by atoms with Crippen LogP contribution in [0.4, 0.5) is 4.79 Å². The molecule has 0 bridgehead atoms. The molecule has 1 aromatic heterocycles. The van der Waals surface area contributed by atoms with E-state index in [0.717, 1.165) is 11.6 Å². The van der Waals surface area contributed by atoms with Crippen LogP contribution in [0.1, 0.15) is 23.7 Å². The van der Waals surface area contributed by atoms with E-state index in [1.54, 1.807) is 25.1 Å². The summed E-state index contributed by atoms with van der Waals surface area (Å²) in [5, 5.41) is 7.45. The van der Waals surface area contributed by atoms with Crippen molar-refractivity contribution in [2.45, 2.75) is 26.5 Å². The highest BCUT2D eigenvalue weighted by Gasteiger charge is 2.18. The molecule has 154 valence electrons. The number of imide groups is 1. The van der Waals surface area contributed by atoms with Crippen molar-refractivity contribution in [2.75, 3.05) is 0 Å². The molecular formula is C18H17Cl3N4O4. The van der Waals surface area contributed by atoms with Crippen LogP contribution in [-0.4, -0.2) is 33.8 Å². The van der Waals surface area contributed by atoms with Crippen LogP contribution in [0, 0.1) is 6.92 Å². The number of aromatic nitrogens is 2. The lowest BCUT2D eigenvalue weighted by molar-refractivity contribution is -0.149. The Labute approximate surface area is 181 Å². The first-order valence-corrected chi connectivity index (χ1v) is 9.37. The van der Waals surface area contributed by atoms with Crippen LogP contribution in [0.25, 0.3) is 6.08 Å². The molecule has 1 heterocycles. The van der Waals surface area contributed by atoms with E-state index >= 15 is 0 Å². The Morgan fingerprint density at radius 3 is 2.62 bits per heavy atom. The van der Waals surface area contributed by atoms with Gasteiger partial charge in [0.2, 0.25) is 0 Å². The standard InChI is InChI=1S/C18H17Cl3N4O4/c1-9-13(5-6-15(26)29-10(2)17(27)23-18(22)28)16(21)25(24-9)8-11-3-4-12(19)7-14(11)20/h3-7,10H,8H2,1-2H3,(H3,22,23,27,28). The van der Waals surface area contributed by atoms with Crippen LogP contribution in [0.15, 0.2) is 24.3 Å². The SMILES string of the molecule is Cc1nn(Cc2ccc(Cl)cc2Cl)c(Cl)c1C=CC(=O)OC(C)C(=O)NC(N)=O. The molecule has 2 aromatic rings. The second-order valence-electron chi connectivity index (χ2n) is 5.95. The monoisotopic (exact) mass is 458 g/mol. The highest BCUT2D eigenvalue weighted by atomic mass is 35.5. The summed E-state index contributed by atoms with van der Waals surface area (Å²) in [5.74, 6) is -1.64. The number of aryl methyl sites for hydroxylation is 1. The Hall–Kier alpha value is -2.55. The lowest BCUT2D eigenvalue weighted by atomic mass is 10.2. The topological polar surface area (TPSA) is 116 Å². The number of hydrogen-bond acceptors (Lipinski definition) is 5. The lowest BCUT2D eigenvalue weighted by Crippen LogP contribution is -2.42. The van der Waals surface area contributed by atoms with Gasteiger partial charge < -0.3 is 10.5 Å². The lowest BCUT2D eigenvalue weighted by Gasteiger charge is -2.10. The van der Waals surface area contributed by atoms with Gasteiger partial charge in [-0.05, 0) is 37.6 Å². The first kappa shape index (κ1) is 22.7. The summed E-state index contributed by atoms with van der Waals surface area (Å²) in [7, 11) is 0. The number of hydrogen-bond donors (Lipinski definition) is 2. The highest BCUT2D eigenvalue weighted by molar-refractivity contribution is 6.35. The van der Waals surface area contributed by atoms with Gasteiger partial charge in [-0.1, -0.05) is 40.9 Å². The Kier molecular flexibility index (Phi) is 7.66. The Balaban J connectivity index is 2.10. The molecule has 2 rings (SSSR count). The van der Waals surface area contributed by atoms with Crippen molar-refractivity contribution in [3.63, 3.8) is 0 Å². The van der Waals surface area contributed by atoms with Crippen LogP contribution in [-0.2, 0) is 20.9 Å². The van der Waals surface area contributed by atoms with Crippen molar-refractivity contribution in [1.29, 1.82) is 0 Å². The quantitative estimate of drug-likeness (QED) is 0.507. The minimum atomic E-state index is -1.20. The number of nitrogens with one attached hydrogen (secondary N) is 1.